The number of aryl methyl sites for hydroxylation is 2. The molecule has 24 heavy (non-hydrogen) atoms. The lowest BCUT2D eigenvalue weighted by molar-refractivity contribution is -0.116. The second-order valence-electron chi connectivity index (χ2n) is 5.43. The highest BCUT2D eigenvalue weighted by Crippen LogP contribution is 2.18. The standard InChI is InChI=1S/C17H16FN5O/c1-12-9-15(6-7-16(12)23-11-19-21-22-23)20-17(24)8-5-13-3-2-4-14(18)10-13/h2-4,6-7,9-11H,5,8H2,1H3,(H,20,24). The number of aromatic nitrogens is 4. The molecular weight excluding hydrogens is 309 g/mol. The molecule has 0 saturated heterocycles. The molecule has 0 fully saturated rings. The number of rotatable bonds is 5. The van der Waals surface area contributed by atoms with Crippen LogP contribution in [0.5, 0.6) is 0 Å². The van der Waals surface area contributed by atoms with Crippen LogP contribution >= 0.6 is 0 Å². The maximum absolute atomic E-state index is 13.1. The molecule has 0 bridgehead atoms. The largest absolute Gasteiger partial charge is 0.326 e. The van der Waals surface area contributed by atoms with Crippen LogP contribution in [0, 0.1) is 12.7 Å². The molecule has 122 valence electrons. The summed E-state index contributed by atoms with van der Waals surface area (Å²) in [5.41, 5.74) is 3.28. The number of amides is 1. The van der Waals surface area contributed by atoms with Crippen LogP contribution in [0.2, 0.25) is 0 Å². The zero-order chi connectivity index (χ0) is 16.9. The van der Waals surface area contributed by atoms with Gasteiger partial charge >= 0.3 is 0 Å². The minimum Gasteiger partial charge on any atom is -0.326 e. The van der Waals surface area contributed by atoms with Crippen molar-refractivity contribution in [3.05, 3.63) is 65.7 Å². The van der Waals surface area contributed by atoms with Crippen LogP contribution in [-0.4, -0.2) is 26.1 Å². The van der Waals surface area contributed by atoms with Crippen molar-refractivity contribution in [2.24, 2.45) is 0 Å². The third-order valence-corrected chi connectivity index (χ3v) is 3.61. The van der Waals surface area contributed by atoms with Gasteiger partial charge in [-0.1, -0.05) is 12.1 Å². The monoisotopic (exact) mass is 325 g/mol. The molecule has 0 aliphatic carbocycles. The van der Waals surface area contributed by atoms with Gasteiger partial charge in [0.15, 0.2) is 0 Å². The maximum Gasteiger partial charge on any atom is 0.224 e. The highest BCUT2D eigenvalue weighted by Gasteiger charge is 2.07. The molecule has 3 aromatic rings. The molecule has 0 aliphatic rings. The quantitative estimate of drug-likeness (QED) is 0.783. The molecule has 6 nitrogen and oxygen atoms in total. The van der Waals surface area contributed by atoms with Crippen molar-refractivity contribution in [1.29, 1.82) is 0 Å². The van der Waals surface area contributed by atoms with E-state index in [0.717, 1.165) is 16.8 Å². The summed E-state index contributed by atoms with van der Waals surface area (Å²) in [5, 5.41) is 13.9. The number of nitrogens with one attached hydrogen (secondary N) is 1. The summed E-state index contributed by atoms with van der Waals surface area (Å²) in [6.07, 6.45) is 2.29. The van der Waals surface area contributed by atoms with Gasteiger partial charge in [-0.3, -0.25) is 4.79 Å². The first-order chi connectivity index (χ1) is 11.6. The Labute approximate surface area is 138 Å². The van der Waals surface area contributed by atoms with Crippen LogP contribution in [0.4, 0.5) is 10.1 Å². The third kappa shape index (κ3) is 3.81. The van der Waals surface area contributed by atoms with Gasteiger partial charge in [-0.05, 0) is 65.2 Å². The molecule has 0 radical (unpaired) electrons. The molecule has 7 heteroatoms. The fourth-order valence-corrected chi connectivity index (χ4v) is 2.44. The van der Waals surface area contributed by atoms with E-state index in [4.69, 9.17) is 0 Å². The molecule has 3 rings (SSSR count). The average molecular weight is 325 g/mol. The van der Waals surface area contributed by atoms with Crippen molar-refractivity contribution >= 4 is 11.6 Å². The number of hydrogen-bond donors (Lipinski definition) is 1. The molecule has 1 amide bonds. The fourth-order valence-electron chi connectivity index (χ4n) is 2.44. The van der Waals surface area contributed by atoms with Gasteiger partial charge in [0, 0.05) is 12.1 Å². The Balaban J connectivity index is 1.61. The minimum absolute atomic E-state index is 0.117. The zero-order valence-corrected chi connectivity index (χ0v) is 13.1. The van der Waals surface area contributed by atoms with E-state index in [2.05, 4.69) is 20.8 Å². The van der Waals surface area contributed by atoms with Gasteiger partial charge < -0.3 is 5.32 Å². The summed E-state index contributed by atoms with van der Waals surface area (Å²) in [6, 6.07) is 11.8. The molecule has 0 saturated carbocycles. The van der Waals surface area contributed by atoms with E-state index >= 15 is 0 Å². The molecule has 0 atom stereocenters. The second kappa shape index (κ2) is 6.99. The highest BCUT2D eigenvalue weighted by atomic mass is 19.1. The number of carbonyl (C=O) groups excluding carboxylic acids is 1. The van der Waals surface area contributed by atoms with Crippen molar-refractivity contribution in [1.82, 2.24) is 20.2 Å². The number of anilines is 1. The summed E-state index contributed by atoms with van der Waals surface area (Å²) < 4.78 is 14.7. The molecule has 1 N–H and O–H groups in total. The number of carbonyl (C=O) groups is 1. The third-order valence-electron chi connectivity index (χ3n) is 3.61. The fraction of sp³-hybridized carbons (Fsp3) is 0.176. The Morgan fingerprint density at radius 2 is 2.12 bits per heavy atom. The first-order valence-corrected chi connectivity index (χ1v) is 7.50. The van der Waals surface area contributed by atoms with Gasteiger partial charge in [-0.15, -0.1) is 5.10 Å². The topological polar surface area (TPSA) is 72.7 Å². The van der Waals surface area contributed by atoms with Crippen LogP contribution in [0.15, 0.2) is 48.8 Å². The Kier molecular flexibility index (Phi) is 4.60. The van der Waals surface area contributed by atoms with E-state index in [1.165, 1.54) is 18.5 Å². The van der Waals surface area contributed by atoms with Crippen molar-refractivity contribution in [3.63, 3.8) is 0 Å². The maximum atomic E-state index is 13.1. The van der Waals surface area contributed by atoms with Crippen LogP contribution < -0.4 is 5.32 Å². The van der Waals surface area contributed by atoms with E-state index in [9.17, 15) is 9.18 Å². The summed E-state index contributed by atoms with van der Waals surface area (Å²) in [6.45, 7) is 1.92. The van der Waals surface area contributed by atoms with Crippen LogP contribution in [0.1, 0.15) is 17.5 Å². The van der Waals surface area contributed by atoms with Crippen LogP contribution in [0.25, 0.3) is 5.69 Å². The summed E-state index contributed by atoms with van der Waals surface area (Å²) in [7, 11) is 0. The van der Waals surface area contributed by atoms with E-state index in [1.807, 2.05) is 25.1 Å². The molecule has 2 aromatic carbocycles. The number of benzene rings is 2. The zero-order valence-electron chi connectivity index (χ0n) is 13.1. The van der Waals surface area contributed by atoms with E-state index in [1.54, 1.807) is 16.8 Å². The van der Waals surface area contributed by atoms with Gasteiger partial charge in [-0.2, -0.15) is 0 Å². The lowest BCUT2D eigenvalue weighted by atomic mass is 10.1. The Morgan fingerprint density at radius 1 is 1.25 bits per heavy atom. The normalized spacial score (nSPS) is 10.6. The number of halogens is 1. The first kappa shape index (κ1) is 15.8. The molecular formula is C17H16FN5O. The summed E-state index contributed by atoms with van der Waals surface area (Å²) >= 11 is 0. The molecule has 0 spiro atoms. The van der Waals surface area contributed by atoms with E-state index in [-0.39, 0.29) is 18.1 Å². The second-order valence-corrected chi connectivity index (χ2v) is 5.43. The SMILES string of the molecule is Cc1cc(NC(=O)CCc2cccc(F)c2)ccc1-n1cnnn1. The first-order valence-electron chi connectivity index (χ1n) is 7.50. The van der Waals surface area contributed by atoms with E-state index in [0.29, 0.717) is 12.1 Å². The van der Waals surface area contributed by atoms with Gasteiger partial charge in [0.1, 0.15) is 12.1 Å². The molecule has 1 aromatic heterocycles. The summed E-state index contributed by atoms with van der Waals surface area (Å²) in [4.78, 5) is 12.1. The molecule has 0 unspecified atom stereocenters. The van der Waals surface area contributed by atoms with Gasteiger partial charge in [0.2, 0.25) is 5.91 Å². The lowest BCUT2D eigenvalue weighted by Gasteiger charge is -2.09. The van der Waals surface area contributed by atoms with Crippen molar-refractivity contribution in [3.8, 4) is 5.69 Å². The van der Waals surface area contributed by atoms with E-state index < -0.39 is 0 Å². The highest BCUT2D eigenvalue weighted by molar-refractivity contribution is 5.91. The molecule has 0 aliphatic heterocycles. The number of tetrazole rings is 1. The van der Waals surface area contributed by atoms with Crippen molar-refractivity contribution in [2.75, 3.05) is 5.32 Å². The van der Waals surface area contributed by atoms with Gasteiger partial charge in [-0.25, -0.2) is 9.07 Å². The number of nitrogens with zero attached hydrogens (tertiary/aromatic N) is 4. The van der Waals surface area contributed by atoms with Gasteiger partial charge in [0.25, 0.3) is 0 Å². The van der Waals surface area contributed by atoms with Gasteiger partial charge in [0.05, 0.1) is 5.69 Å². The number of hydrogen-bond acceptors (Lipinski definition) is 4. The summed E-state index contributed by atoms with van der Waals surface area (Å²) in [5.74, 6) is -0.407. The predicted octanol–water partition coefficient (Wildman–Crippen LogP) is 2.68. The predicted molar refractivity (Wildman–Crippen MR) is 87.2 cm³/mol. The Bertz CT molecular complexity index is 848. The Morgan fingerprint density at radius 3 is 2.83 bits per heavy atom. The Hall–Kier alpha value is -3.09. The van der Waals surface area contributed by atoms with Crippen LogP contribution in [0.3, 0.4) is 0 Å². The molecule has 1 heterocycles. The average Bonchev–Trinajstić information content (AvgIpc) is 3.07. The van der Waals surface area contributed by atoms with Crippen molar-refractivity contribution < 1.29 is 9.18 Å². The smallest absolute Gasteiger partial charge is 0.224 e. The van der Waals surface area contributed by atoms with Crippen LogP contribution in [-0.2, 0) is 11.2 Å². The lowest BCUT2D eigenvalue weighted by Crippen LogP contribution is -2.12. The minimum atomic E-state index is -0.290. The van der Waals surface area contributed by atoms with Crippen molar-refractivity contribution in [2.45, 2.75) is 19.8 Å².